The zero-order valence-electron chi connectivity index (χ0n) is 21.7. The van der Waals surface area contributed by atoms with Crippen molar-refractivity contribution in [3.63, 3.8) is 0 Å². The molecule has 2 heterocycles. The van der Waals surface area contributed by atoms with Gasteiger partial charge in [0.1, 0.15) is 5.75 Å². The number of rotatable bonds is 4. The molecule has 2 N–H and O–H groups in total. The summed E-state index contributed by atoms with van der Waals surface area (Å²) in [5.41, 5.74) is 8.79. The van der Waals surface area contributed by atoms with Gasteiger partial charge in [0.15, 0.2) is 5.78 Å². The second-order valence-electron chi connectivity index (χ2n) is 10.5. The molecule has 5 heteroatoms. The van der Waals surface area contributed by atoms with E-state index in [0.29, 0.717) is 6.42 Å². The fourth-order valence-corrected chi connectivity index (χ4v) is 6.17. The molecule has 0 aromatic heterocycles. The Morgan fingerprint density at radius 2 is 1.65 bits per heavy atom. The Labute approximate surface area is 219 Å². The number of anilines is 3. The van der Waals surface area contributed by atoms with Crippen molar-refractivity contribution in [1.29, 1.82) is 0 Å². The molecule has 2 aliphatic heterocycles. The summed E-state index contributed by atoms with van der Waals surface area (Å²) >= 11 is 0. The minimum absolute atomic E-state index is 0.137. The molecule has 3 aliphatic rings. The van der Waals surface area contributed by atoms with Gasteiger partial charge in [-0.3, -0.25) is 4.79 Å². The number of carbonyl (C=O) groups excluding carboxylic acids is 1. The van der Waals surface area contributed by atoms with Crippen LogP contribution in [0.15, 0.2) is 78.0 Å². The number of fused-ring (bicyclic) bond motifs is 1. The van der Waals surface area contributed by atoms with Gasteiger partial charge < -0.3 is 20.3 Å². The van der Waals surface area contributed by atoms with Crippen molar-refractivity contribution in [2.24, 2.45) is 0 Å². The monoisotopic (exact) mass is 493 g/mol. The van der Waals surface area contributed by atoms with Crippen LogP contribution >= 0.6 is 0 Å². The number of hydrogen-bond donors (Lipinski definition) is 2. The third-order valence-corrected chi connectivity index (χ3v) is 8.18. The summed E-state index contributed by atoms with van der Waals surface area (Å²) < 4.78 is 5.34. The minimum Gasteiger partial charge on any atom is -0.497 e. The van der Waals surface area contributed by atoms with E-state index >= 15 is 0 Å². The number of ether oxygens (including phenoxy) is 1. The summed E-state index contributed by atoms with van der Waals surface area (Å²) in [6, 6.07) is 23.0. The largest absolute Gasteiger partial charge is 0.497 e. The van der Waals surface area contributed by atoms with Crippen LogP contribution in [0.1, 0.15) is 60.8 Å². The summed E-state index contributed by atoms with van der Waals surface area (Å²) in [5.74, 6) is 1.18. The lowest BCUT2D eigenvalue weighted by molar-refractivity contribution is -0.116. The second kappa shape index (κ2) is 9.97. The van der Waals surface area contributed by atoms with Crippen LogP contribution < -0.4 is 20.3 Å². The average Bonchev–Trinajstić information content (AvgIpc) is 3.10. The number of carbonyl (C=O) groups is 1. The molecule has 0 amide bonds. The zero-order valence-corrected chi connectivity index (χ0v) is 21.7. The lowest BCUT2D eigenvalue weighted by atomic mass is 9.78. The van der Waals surface area contributed by atoms with E-state index in [2.05, 4.69) is 64.9 Å². The van der Waals surface area contributed by atoms with E-state index in [0.717, 1.165) is 47.9 Å². The van der Waals surface area contributed by atoms with Crippen molar-refractivity contribution in [2.45, 2.75) is 51.0 Å². The van der Waals surface area contributed by atoms with Gasteiger partial charge in [-0.1, -0.05) is 30.3 Å². The molecule has 6 rings (SSSR count). The van der Waals surface area contributed by atoms with Gasteiger partial charge in [-0.25, -0.2) is 0 Å². The molecular formula is C32H35N3O2. The molecule has 3 aromatic rings. The first kappa shape index (κ1) is 23.7. The Hall–Kier alpha value is -3.73. The average molecular weight is 494 g/mol. The van der Waals surface area contributed by atoms with Gasteiger partial charge in [0.25, 0.3) is 0 Å². The van der Waals surface area contributed by atoms with Crippen molar-refractivity contribution >= 4 is 22.8 Å². The Bertz CT molecular complexity index is 1340. The third-order valence-electron chi connectivity index (χ3n) is 8.18. The van der Waals surface area contributed by atoms with Crippen molar-refractivity contribution < 1.29 is 9.53 Å². The molecule has 1 fully saturated rings. The molecule has 0 radical (unpaired) electrons. The molecule has 3 aromatic carbocycles. The molecule has 0 saturated carbocycles. The highest BCUT2D eigenvalue weighted by molar-refractivity contribution is 6.01. The Balaban J connectivity index is 1.39. The van der Waals surface area contributed by atoms with E-state index in [-0.39, 0.29) is 17.7 Å². The van der Waals surface area contributed by atoms with Crippen LogP contribution in [-0.4, -0.2) is 26.0 Å². The maximum absolute atomic E-state index is 13.9. The smallest absolute Gasteiger partial charge is 0.163 e. The minimum atomic E-state index is -0.189. The Kier molecular flexibility index (Phi) is 6.37. The van der Waals surface area contributed by atoms with Crippen LogP contribution in [0, 0.1) is 6.92 Å². The van der Waals surface area contributed by atoms with Crippen LogP contribution in [-0.2, 0) is 4.79 Å². The lowest BCUT2D eigenvalue weighted by Crippen LogP contribution is -2.30. The molecule has 2 unspecified atom stereocenters. The molecule has 0 spiro atoms. The third kappa shape index (κ3) is 4.59. The lowest BCUT2D eigenvalue weighted by Gasteiger charge is -2.32. The maximum Gasteiger partial charge on any atom is 0.163 e. The van der Waals surface area contributed by atoms with E-state index in [1.165, 1.54) is 41.6 Å². The Morgan fingerprint density at radius 3 is 2.38 bits per heavy atom. The summed E-state index contributed by atoms with van der Waals surface area (Å²) in [7, 11) is 1.68. The van der Waals surface area contributed by atoms with Crippen LogP contribution in [0.5, 0.6) is 5.75 Å². The highest BCUT2D eigenvalue weighted by atomic mass is 16.5. The molecule has 2 atom stereocenters. The van der Waals surface area contributed by atoms with Crippen LogP contribution in [0.2, 0.25) is 0 Å². The van der Waals surface area contributed by atoms with Gasteiger partial charge in [-0.15, -0.1) is 0 Å². The summed E-state index contributed by atoms with van der Waals surface area (Å²) in [5, 5.41) is 7.40. The predicted octanol–water partition coefficient (Wildman–Crippen LogP) is 6.97. The number of para-hydroxylation sites is 2. The number of nitrogens with one attached hydrogen (secondary N) is 2. The van der Waals surface area contributed by atoms with E-state index < -0.39 is 0 Å². The van der Waals surface area contributed by atoms with Crippen LogP contribution in [0.4, 0.5) is 17.1 Å². The number of piperidine rings is 1. The quantitative estimate of drug-likeness (QED) is 0.411. The predicted molar refractivity (Wildman–Crippen MR) is 151 cm³/mol. The number of aryl methyl sites for hydroxylation is 1. The van der Waals surface area contributed by atoms with E-state index in [4.69, 9.17) is 4.74 Å². The Morgan fingerprint density at radius 1 is 0.892 bits per heavy atom. The normalized spacial score (nSPS) is 21.4. The number of benzene rings is 3. The summed E-state index contributed by atoms with van der Waals surface area (Å²) in [6.45, 7) is 4.43. The molecule has 1 saturated heterocycles. The van der Waals surface area contributed by atoms with Gasteiger partial charge >= 0.3 is 0 Å². The van der Waals surface area contributed by atoms with Gasteiger partial charge in [0.05, 0.1) is 24.5 Å². The summed E-state index contributed by atoms with van der Waals surface area (Å²) in [4.78, 5) is 16.4. The van der Waals surface area contributed by atoms with Crippen molar-refractivity contribution in [2.75, 3.05) is 35.7 Å². The number of nitrogens with zero attached hydrogens (tertiary/aromatic N) is 1. The van der Waals surface area contributed by atoms with E-state index in [1.54, 1.807) is 7.11 Å². The zero-order chi connectivity index (χ0) is 25.4. The first-order valence-electron chi connectivity index (χ1n) is 13.5. The fourth-order valence-electron chi connectivity index (χ4n) is 6.17. The van der Waals surface area contributed by atoms with Gasteiger partial charge in [0.2, 0.25) is 0 Å². The molecular weight excluding hydrogens is 458 g/mol. The number of methoxy groups -OCH3 is 1. The van der Waals surface area contributed by atoms with Crippen molar-refractivity contribution in [3.8, 4) is 5.75 Å². The summed E-state index contributed by atoms with van der Waals surface area (Å²) in [6.07, 6.45) is 5.14. The van der Waals surface area contributed by atoms with Crippen LogP contribution in [0.25, 0.3) is 0 Å². The highest BCUT2D eigenvalue weighted by Gasteiger charge is 2.36. The van der Waals surface area contributed by atoms with Crippen LogP contribution in [0.3, 0.4) is 0 Å². The molecule has 0 bridgehead atoms. The standard InChI is InChI=1S/C32H35N3O2/c1-21-18-24(35-16-6-3-7-17-35)12-15-26(21)32-31-29(33-27-8-4-5-9-28(27)34-32)19-23(20-30(31)36)22-10-13-25(37-2)14-11-22/h4-5,8-15,18,23,32-34H,3,6-7,16-17,19-20H2,1-2H3. The van der Waals surface area contributed by atoms with Gasteiger partial charge in [-0.2, -0.15) is 0 Å². The number of ketones is 1. The second-order valence-corrected chi connectivity index (χ2v) is 10.5. The van der Waals surface area contributed by atoms with Gasteiger partial charge in [-0.05, 0) is 91.6 Å². The first-order valence-corrected chi connectivity index (χ1v) is 13.5. The fraction of sp³-hybridized carbons (Fsp3) is 0.344. The van der Waals surface area contributed by atoms with Gasteiger partial charge in [0, 0.05) is 36.5 Å². The van der Waals surface area contributed by atoms with Crippen molar-refractivity contribution in [1.82, 2.24) is 0 Å². The SMILES string of the molecule is COc1ccc(C2CC(=O)C3=C(C2)Nc2ccccc2NC3c2ccc(N3CCCCC3)cc2C)cc1. The molecule has 37 heavy (non-hydrogen) atoms. The molecule has 1 aliphatic carbocycles. The number of hydrogen-bond acceptors (Lipinski definition) is 5. The maximum atomic E-state index is 13.9. The topological polar surface area (TPSA) is 53.6 Å². The first-order chi connectivity index (χ1) is 18.1. The molecule has 190 valence electrons. The number of Topliss-reactive ketones (excluding diaryl/α,β-unsaturated/α-hetero) is 1. The van der Waals surface area contributed by atoms with Crippen molar-refractivity contribution in [3.05, 3.63) is 94.7 Å². The number of allylic oxidation sites excluding steroid dienone is 1. The van der Waals surface area contributed by atoms with E-state index in [9.17, 15) is 4.79 Å². The highest BCUT2D eigenvalue weighted by Crippen LogP contribution is 2.45. The van der Waals surface area contributed by atoms with E-state index in [1.807, 2.05) is 24.3 Å². The molecule has 5 nitrogen and oxygen atoms in total.